The minimum Gasteiger partial charge on any atom is -0.497 e. The van der Waals surface area contributed by atoms with E-state index in [1.54, 1.807) is 21.0 Å². The lowest BCUT2D eigenvalue weighted by Gasteiger charge is -2.07. The molecular formula is C15H17NO4. The van der Waals surface area contributed by atoms with Crippen molar-refractivity contribution in [1.29, 1.82) is 0 Å². The normalized spacial score (nSPS) is 10.4. The summed E-state index contributed by atoms with van der Waals surface area (Å²) in [5, 5.41) is 3.99. The summed E-state index contributed by atoms with van der Waals surface area (Å²) in [6, 6.07) is 5.56. The number of aromatic nitrogens is 1. The van der Waals surface area contributed by atoms with Crippen molar-refractivity contribution in [2.24, 2.45) is 0 Å². The number of methoxy groups -OCH3 is 1. The van der Waals surface area contributed by atoms with Crippen LogP contribution in [-0.4, -0.2) is 24.8 Å². The average molecular weight is 275 g/mol. The number of hydrogen-bond acceptors (Lipinski definition) is 5. The fourth-order valence-electron chi connectivity index (χ4n) is 2.03. The van der Waals surface area contributed by atoms with Crippen molar-refractivity contribution in [2.45, 2.75) is 20.8 Å². The van der Waals surface area contributed by atoms with Gasteiger partial charge in [-0.3, -0.25) is 0 Å². The van der Waals surface area contributed by atoms with Gasteiger partial charge < -0.3 is 14.0 Å². The Balaban J connectivity index is 2.51. The zero-order chi connectivity index (χ0) is 14.7. The lowest BCUT2D eigenvalue weighted by atomic mass is 10.0. The molecule has 0 unspecified atom stereocenters. The quantitative estimate of drug-likeness (QED) is 0.802. The first-order chi connectivity index (χ1) is 9.58. The number of aryl methyl sites for hydroxylation is 2. The average Bonchev–Trinajstić information content (AvgIpc) is 2.80. The standard InChI is InChI=1S/C15H17NO4/c1-5-19-15(17)13-10(3)20-16-14(13)12-7-6-11(18-4)8-9(12)2/h6-8H,5H2,1-4H3. The second kappa shape index (κ2) is 5.77. The van der Waals surface area contributed by atoms with Gasteiger partial charge in [0.15, 0.2) is 0 Å². The van der Waals surface area contributed by atoms with Crippen LogP contribution in [0.25, 0.3) is 11.3 Å². The topological polar surface area (TPSA) is 61.6 Å². The van der Waals surface area contributed by atoms with Crippen LogP contribution in [0.3, 0.4) is 0 Å². The molecule has 1 aromatic carbocycles. The summed E-state index contributed by atoms with van der Waals surface area (Å²) in [6.07, 6.45) is 0. The van der Waals surface area contributed by atoms with E-state index in [0.717, 1.165) is 16.9 Å². The van der Waals surface area contributed by atoms with Crippen molar-refractivity contribution < 1.29 is 18.8 Å². The van der Waals surface area contributed by atoms with Gasteiger partial charge in [-0.15, -0.1) is 0 Å². The zero-order valence-electron chi connectivity index (χ0n) is 12.0. The molecule has 20 heavy (non-hydrogen) atoms. The SMILES string of the molecule is CCOC(=O)c1c(-c2ccc(OC)cc2C)noc1C. The first-order valence-corrected chi connectivity index (χ1v) is 6.36. The van der Waals surface area contributed by atoms with Gasteiger partial charge in [0.2, 0.25) is 0 Å². The number of carbonyl (C=O) groups excluding carboxylic acids is 1. The molecular weight excluding hydrogens is 258 g/mol. The predicted octanol–water partition coefficient (Wildman–Crippen LogP) is 3.14. The second-order valence-electron chi connectivity index (χ2n) is 4.36. The van der Waals surface area contributed by atoms with E-state index in [0.29, 0.717) is 23.6 Å². The van der Waals surface area contributed by atoms with Crippen LogP contribution >= 0.6 is 0 Å². The number of carbonyl (C=O) groups is 1. The second-order valence-corrected chi connectivity index (χ2v) is 4.36. The van der Waals surface area contributed by atoms with Crippen LogP contribution in [0.5, 0.6) is 5.75 Å². The minimum absolute atomic E-state index is 0.310. The van der Waals surface area contributed by atoms with E-state index < -0.39 is 5.97 Å². The highest BCUT2D eigenvalue weighted by molar-refractivity contribution is 5.97. The van der Waals surface area contributed by atoms with Crippen LogP contribution in [0.15, 0.2) is 22.7 Å². The van der Waals surface area contributed by atoms with Gasteiger partial charge in [-0.2, -0.15) is 0 Å². The van der Waals surface area contributed by atoms with Gasteiger partial charge in [-0.05, 0) is 44.5 Å². The van der Waals surface area contributed by atoms with E-state index in [9.17, 15) is 4.79 Å². The maximum absolute atomic E-state index is 12.0. The summed E-state index contributed by atoms with van der Waals surface area (Å²) in [5.74, 6) is 0.786. The minimum atomic E-state index is -0.420. The lowest BCUT2D eigenvalue weighted by molar-refractivity contribution is 0.0525. The van der Waals surface area contributed by atoms with E-state index in [1.807, 2.05) is 25.1 Å². The summed E-state index contributed by atoms with van der Waals surface area (Å²) in [4.78, 5) is 12.0. The van der Waals surface area contributed by atoms with Crippen LogP contribution in [-0.2, 0) is 4.74 Å². The highest BCUT2D eigenvalue weighted by Crippen LogP contribution is 2.30. The molecule has 0 saturated carbocycles. The molecule has 1 aromatic heterocycles. The van der Waals surface area contributed by atoms with E-state index in [1.165, 1.54) is 0 Å². The van der Waals surface area contributed by atoms with Crippen molar-refractivity contribution in [3.05, 3.63) is 35.1 Å². The molecule has 0 spiro atoms. The Morgan fingerprint density at radius 1 is 1.35 bits per heavy atom. The van der Waals surface area contributed by atoms with Gasteiger partial charge in [0.05, 0.1) is 13.7 Å². The Morgan fingerprint density at radius 2 is 2.10 bits per heavy atom. The largest absolute Gasteiger partial charge is 0.497 e. The third kappa shape index (κ3) is 2.52. The molecule has 0 amide bonds. The third-order valence-electron chi connectivity index (χ3n) is 3.03. The molecule has 0 aliphatic rings. The molecule has 0 bridgehead atoms. The van der Waals surface area contributed by atoms with E-state index in [-0.39, 0.29) is 0 Å². The highest BCUT2D eigenvalue weighted by Gasteiger charge is 2.23. The van der Waals surface area contributed by atoms with Gasteiger partial charge in [0.25, 0.3) is 0 Å². The molecule has 1 heterocycles. The first-order valence-electron chi connectivity index (χ1n) is 6.36. The van der Waals surface area contributed by atoms with Crippen LogP contribution in [0.1, 0.15) is 28.6 Å². The Labute approximate surface area is 117 Å². The van der Waals surface area contributed by atoms with Crippen molar-refractivity contribution in [1.82, 2.24) is 5.16 Å². The van der Waals surface area contributed by atoms with Crippen molar-refractivity contribution in [3.63, 3.8) is 0 Å². The Bertz CT molecular complexity index is 631. The fraction of sp³-hybridized carbons (Fsp3) is 0.333. The third-order valence-corrected chi connectivity index (χ3v) is 3.03. The van der Waals surface area contributed by atoms with Gasteiger partial charge in [0.1, 0.15) is 22.8 Å². The molecule has 2 rings (SSSR count). The first kappa shape index (κ1) is 14.1. The number of ether oxygens (including phenoxy) is 2. The molecule has 2 aromatic rings. The van der Waals surface area contributed by atoms with Gasteiger partial charge in [-0.25, -0.2) is 4.79 Å². The monoisotopic (exact) mass is 275 g/mol. The summed E-state index contributed by atoms with van der Waals surface area (Å²) in [7, 11) is 1.61. The molecule has 0 aliphatic heterocycles. The lowest BCUT2D eigenvalue weighted by Crippen LogP contribution is -2.07. The number of hydrogen-bond donors (Lipinski definition) is 0. The maximum atomic E-state index is 12.0. The summed E-state index contributed by atoms with van der Waals surface area (Å²) >= 11 is 0. The summed E-state index contributed by atoms with van der Waals surface area (Å²) < 4.78 is 15.4. The van der Waals surface area contributed by atoms with Crippen LogP contribution in [0.4, 0.5) is 0 Å². The Kier molecular flexibility index (Phi) is 4.08. The molecule has 0 atom stereocenters. The highest BCUT2D eigenvalue weighted by atomic mass is 16.5. The van der Waals surface area contributed by atoms with Crippen molar-refractivity contribution in [3.8, 4) is 17.0 Å². The Hall–Kier alpha value is -2.30. The van der Waals surface area contributed by atoms with E-state index in [2.05, 4.69) is 5.16 Å². The van der Waals surface area contributed by atoms with Gasteiger partial charge in [-0.1, -0.05) is 5.16 Å². The predicted molar refractivity (Wildman–Crippen MR) is 73.9 cm³/mol. The molecule has 0 fully saturated rings. The molecule has 0 saturated heterocycles. The van der Waals surface area contributed by atoms with Crippen LogP contribution in [0.2, 0.25) is 0 Å². The van der Waals surface area contributed by atoms with Gasteiger partial charge >= 0.3 is 5.97 Å². The fourth-order valence-corrected chi connectivity index (χ4v) is 2.03. The molecule has 0 aliphatic carbocycles. The number of rotatable bonds is 4. The number of nitrogens with zero attached hydrogens (tertiary/aromatic N) is 1. The maximum Gasteiger partial charge on any atom is 0.344 e. The van der Waals surface area contributed by atoms with E-state index >= 15 is 0 Å². The Morgan fingerprint density at radius 3 is 2.70 bits per heavy atom. The van der Waals surface area contributed by atoms with Gasteiger partial charge in [0, 0.05) is 5.56 Å². The molecule has 5 heteroatoms. The summed E-state index contributed by atoms with van der Waals surface area (Å²) in [5.41, 5.74) is 2.65. The van der Waals surface area contributed by atoms with Crippen molar-refractivity contribution >= 4 is 5.97 Å². The van der Waals surface area contributed by atoms with Crippen molar-refractivity contribution in [2.75, 3.05) is 13.7 Å². The molecule has 0 N–H and O–H groups in total. The number of esters is 1. The molecule has 0 radical (unpaired) electrons. The van der Waals surface area contributed by atoms with Crippen LogP contribution in [0, 0.1) is 13.8 Å². The zero-order valence-corrected chi connectivity index (χ0v) is 12.0. The molecule has 5 nitrogen and oxygen atoms in total. The number of benzene rings is 1. The van der Waals surface area contributed by atoms with Crippen LogP contribution < -0.4 is 4.74 Å². The summed E-state index contributed by atoms with van der Waals surface area (Å²) in [6.45, 7) is 5.70. The smallest absolute Gasteiger partial charge is 0.344 e. The van der Waals surface area contributed by atoms with E-state index in [4.69, 9.17) is 14.0 Å². The molecule has 106 valence electrons.